The van der Waals surface area contributed by atoms with Gasteiger partial charge in [0.1, 0.15) is 0 Å². The molecule has 0 unspecified atom stereocenters. The quantitative estimate of drug-likeness (QED) is 0.914. The van der Waals surface area contributed by atoms with Gasteiger partial charge in [-0.3, -0.25) is 4.79 Å². The molecule has 0 aromatic heterocycles. The van der Waals surface area contributed by atoms with E-state index in [0.29, 0.717) is 13.1 Å². The lowest BCUT2D eigenvalue weighted by atomic mass is 9.98. The fraction of sp³-hybridized carbons (Fsp3) is 0.533. The van der Waals surface area contributed by atoms with Gasteiger partial charge in [0, 0.05) is 19.7 Å². The fourth-order valence-electron chi connectivity index (χ4n) is 2.32. The van der Waals surface area contributed by atoms with E-state index in [-0.39, 0.29) is 30.8 Å². The summed E-state index contributed by atoms with van der Waals surface area (Å²) in [5.74, 6) is -0.192. The van der Waals surface area contributed by atoms with Gasteiger partial charge >= 0.3 is 0 Å². The number of aliphatic hydroxyl groups is 1. The first kappa shape index (κ1) is 14.8. The molecule has 1 aliphatic rings. The van der Waals surface area contributed by atoms with Crippen molar-refractivity contribution >= 4 is 5.91 Å². The zero-order valence-corrected chi connectivity index (χ0v) is 11.6. The van der Waals surface area contributed by atoms with Gasteiger partial charge in [0.2, 0.25) is 0 Å². The Balaban J connectivity index is 1.85. The topological polar surface area (TPSA) is 49.8 Å². The van der Waals surface area contributed by atoms with E-state index in [4.69, 9.17) is 9.84 Å². The number of amides is 1. The van der Waals surface area contributed by atoms with Crippen LogP contribution in [0.5, 0.6) is 5.75 Å². The van der Waals surface area contributed by atoms with Crippen LogP contribution in [-0.2, 0) is 4.79 Å². The Bertz CT molecular complexity index is 470. The maximum atomic E-state index is 13.5. The number of piperidine rings is 1. The van der Waals surface area contributed by atoms with Crippen LogP contribution in [0, 0.1) is 18.7 Å². The van der Waals surface area contributed by atoms with E-state index in [1.165, 1.54) is 6.07 Å². The van der Waals surface area contributed by atoms with Gasteiger partial charge in [-0.05, 0) is 43.4 Å². The predicted molar refractivity (Wildman–Crippen MR) is 73.0 cm³/mol. The van der Waals surface area contributed by atoms with E-state index in [0.717, 1.165) is 18.4 Å². The van der Waals surface area contributed by atoms with Crippen LogP contribution in [0.25, 0.3) is 0 Å². The summed E-state index contributed by atoms with van der Waals surface area (Å²) in [5.41, 5.74) is 0.887. The summed E-state index contributed by atoms with van der Waals surface area (Å²) < 4.78 is 18.8. The second kappa shape index (κ2) is 6.70. The van der Waals surface area contributed by atoms with Crippen molar-refractivity contribution in [1.29, 1.82) is 0 Å². The average molecular weight is 281 g/mol. The Morgan fingerprint density at radius 3 is 2.80 bits per heavy atom. The Labute approximate surface area is 118 Å². The van der Waals surface area contributed by atoms with Crippen molar-refractivity contribution in [3.05, 3.63) is 29.6 Å². The van der Waals surface area contributed by atoms with Crippen LogP contribution in [0.1, 0.15) is 18.4 Å². The lowest BCUT2D eigenvalue weighted by Gasteiger charge is -2.31. The number of aliphatic hydroxyl groups excluding tert-OH is 1. The zero-order chi connectivity index (χ0) is 14.5. The van der Waals surface area contributed by atoms with Gasteiger partial charge in [-0.25, -0.2) is 4.39 Å². The number of halogens is 1. The van der Waals surface area contributed by atoms with Crippen LogP contribution in [0.3, 0.4) is 0 Å². The third kappa shape index (κ3) is 3.70. The van der Waals surface area contributed by atoms with Crippen molar-refractivity contribution in [2.24, 2.45) is 5.92 Å². The maximum Gasteiger partial charge on any atom is 0.260 e. The number of ether oxygens (including phenoxy) is 1. The number of nitrogens with zero attached hydrogens (tertiary/aromatic N) is 1. The molecule has 5 heteroatoms. The van der Waals surface area contributed by atoms with Crippen LogP contribution in [0.15, 0.2) is 18.2 Å². The first-order chi connectivity index (χ1) is 9.60. The Kier molecular flexibility index (Phi) is 4.95. The highest BCUT2D eigenvalue weighted by Gasteiger charge is 2.22. The number of benzene rings is 1. The second-order valence-corrected chi connectivity index (χ2v) is 5.23. The van der Waals surface area contributed by atoms with Crippen molar-refractivity contribution in [2.45, 2.75) is 19.8 Å². The van der Waals surface area contributed by atoms with Crippen molar-refractivity contribution in [2.75, 3.05) is 26.3 Å². The van der Waals surface area contributed by atoms with Gasteiger partial charge in [0.05, 0.1) is 0 Å². The minimum Gasteiger partial charge on any atom is -0.481 e. The Hall–Kier alpha value is -1.62. The highest BCUT2D eigenvalue weighted by Crippen LogP contribution is 2.19. The molecule has 0 radical (unpaired) electrons. The van der Waals surface area contributed by atoms with Gasteiger partial charge in [0.15, 0.2) is 18.2 Å². The van der Waals surface area contributed by atoms with Gasteiger partial charge in [0.25, 0.3) is 5.91 Å². The monoisotopic (exact) mass is 281 g/mol. The minimum atomic E-state index is -0.456. The second-order valence-electron chi connectivity index (χ2n) is 5.23. The van der Waals surface area contributed by atoms with E-state index in [2.05, 4.69) is 0 Å². The number of likely N-dealkylation sites (tertiary alicyclic amines) is 1. The number of hydrogen-bond acceptors (Lipinski definition) is 3. The van der Waals surface area contributed by atoms with Crippen LogP contribution < -0.4 is 4.74 Å². The highest BCUT2D eigenvalue weighted by molar-refractivity contribution is 5.77. The number of rotatable bonds is 4. The molecule has 1 fully saturated rings. The summed E-state index contributed by atoms with van der Waals surface area (Å²) in [6.07, 6.45) is 1.61. The molecule has 110 valence electrons. The summed E-state index contributed by atoms with van der Waals surface area (Å²) in [6, 6.07) is 4.58. The first-order valence-electron chi connectivity index (χ1n) is 6.87. The van der Waals surface area contributed by atoms with E-state index < -0.39 is 5.82 Å². The van der Waals surface area contributed by atoms with Crippen molar-refractivity contribution < 1.29 is 19.0 Å². The lowest BCUT2D eigenvalue weighted by Crippen LogP contribution is -2.41. The Morgan fingerprint density at radius 1 is 1.45 bits per heavy atom. The molecule has 0 saturated carbocycles. The highest BCUT2D eigenvalue weighted by atomic mass is 19.1. The van der Waals surface area contributed by atoms with Gasteiger partial charge < -0.3 is 14.7 Å². The largest absolute Gasteiger partial charge is 0.481 e. The summed E-state index contributed by atoms with van der Waals surface area (Å²) in [7, 11) is 0. The molecule has 4 nitrogen and oxygen atoms in total. The van der Waals surface area contributed by atoms with Gasteiger partial charge in [-0.1, -0.05) is 6.07 Å². The first-order valence-corrected chi connectivity index (χ1v) is 6.87. The SMILES string of the molecule is Cc1ccc(F)c(OCC(=O)N2CCC(CO)CC2)c1. The van der Waals surface area contributed by atoms with Crippen LogP contribution in [0.2, 0.25) is 0 Å². The molecule has 1 amide bonds. The molecule has 1 aliphatic heterocycles. The molecule has 0 bridgehead atoms. The molecule has 0 aliphatic carbocycles. The molecule has 1 aromatic carbocycles. The molecule has 1 saturated heterocycles. The minimum absolute atomic E-state index is 0.114. The van der Waals surface area contributed by atoms with E-state index >= 15 is 0 Å². The fourth-order valence-corrected chi connectivity index (χ4v) is 2.32. The van der Waals surface area contributed by atoms with Crippen molar-refractivity contribution in [1.82, 2.24) is 4.90 Å². The maximum absolute atomic E-state index is 13.5. The number of carbonyl (C=O) groups is 1. The van der Waals surface area contributed by atoms with Gasteiger partial charge in [-0.2, -0.15) is 0 Å². The van der Waals surface area contributed by atoms with Crippen molar-refractivity contribution in [3.63, 3.8) is 0 Å². The van der Waals surface area contributed by atoms with Crippen LogP contribution in [-0.4, -0.2) is 42.2 Å². The smallest absolute Gasteiger partial charge is 0.260 e. The standard InChI is InChI=1S/C15H20FNO3/c1-11-2-3-13(16)14(8-11)20-10-15(19)17-6-4-12(9-18)5-7-17/h2-3,8,12,18H,4-7,9-10H2,1H3. The van der Waals surface area contributed by atoms with Gasteiger partial charge in [-0.15, -0.1) is 0 Å². The summed E-state index contributed by atoms with van der Waals surface area (Å²) in [5, 5.41) is 9.05. The molecule has 2 rings (SSSR count). The van der Waals surface area contributed by atoms with Crippen LogP contribution >= 0.6 is 0 Å². The molecule has 1 heterocycles. The van der Waals surface area contributed by atoms with Crippen LogP contribution in [0.4, 0.5) is 4.39 Å². The number of hydrogen-bond donors (Lipinski definition) is 1. The zero-order valence-electron chi connectivity index (χ0n) is 11.6. The molecule has 0 spiro atoms. The molecular formula is C15H20FNO3. The lowest BCUT2D eigenvalue weighted by molar-refractivity contribution is -0.135. The van der Waals surface area contributed by atoms with E-state index in [1.807, 2.05) is 6.92 Å². The molecule has 1 N–H and O–H groups in total. The Morgan fingerprint density at radius 2 is 2.15 bits per heavy atom. The molecule has 1 aromatic rings. The van der Waals surface area contributed by atoms with E-state index in [1.54, 1.807) is 17.0 Å². The summed E-state index contributed by atoms with van der Waals surface area (Å²) >= 11 is 0. The number of aryl methyl sites for hydroxylation is 1. The molecular weight excluding hydrogens is 261 g/mol. The third-order valence-electron chi connectivity index (χ3n) is 3.66. The van der Waals surface area contributed by atoms with E-state index in [9.17, 15) is 9.18 Å². The summed E-state index contributed by atoms with van der Waals surface area (Å²) in [6.45, 7) is 3.12. The molecule has 20 heavy (non-hydrogen) atoms. The summed E-state index contributed by atoms with van der Waals surface area (Å²) in [4.78, 5) is 13.7. The predicted octanol–water partition coefficient (Wildman–Crippen LogP) is 1.74. The third-order valence-corrected chi connectivity index (χ3v) is 3.66. The average Bonchev–Trinajstić information content (AvgIpc) is 2.48. The molecule has 0 atom stereocenters. The van der Waals surface area contributed by atoms with Crippen molar-refractivity contribution in [3.8, 4) is 5.75 Å². The number of carbonyl (C=O) groups excluding carboxylic acids is 1. The normalized spacial score (nSPS) is 16.2.